The smallest absolute Gasteiger partial charge is 0.229 e. The number of methoxy groups -OCH3 is 1. The third-order valence-corrected chi connectivity index (χ3v) is 6.38. The molecule has 0 saturated carbocycles. The molecule has 198 valence electrons. The molecule has 2 aromatic carbocycles. The fourth-order valence-electron chi connectivity index (χ4n) is 4.58. The molecule has 1 fully saturated rings. The molecule has 0 radical (unpaired) electrons. The van der Waals surface area contributed by atoms with Gasteiger partial charge in [-0.25, -0.2) is 9.67 Å². The molecule has 0 atom stereocenters. The lowest BCUT2D eigenvalue weighted by atomic mass is 10.1. The van der Waals surface area contributed by atoms with Gasteiger partial charge in [0.1, 0.15) is 5.75 Å². The van der Waals surface area contributed by atoms with E-state index in [9.17, 15) is 0 Å². The maximum absolute atomic E-state index is 5.74. The maximum Gasteiger partial charge on any atom is 0.229 e. The van der Waals surface area contributed by atoms with Gasteiger partial charge in [0.2, 0.25) is 5.95 Å². The number of morpholine rings is 1. The van der Waals surface area contributed by atoms with Crippen LogP contribution < -0.4 is 20.3 Å². The van der Waals surface area contributed by atoms with Gasteiger partial charge in [-0.2, -0.15) is 10.1 Å². The van der Waals surface area contributed by atoms with Crippen LogP contribution in [0.25, 0.3) is 17.1 Å². The number of aromatic nitrogens is 4. The number of nitrogens with one attached hydrogen (secondary N) is 2. The average molecular weight is 515 g/mol. The Morgan fingerprint density at radius 1 is 1.05 bits per heavy atom. The second-order valence-electron chi connectivity index (χ2n) is 9.33. The Bertz CT molecular complexity index is 1370. The van der Waals surface area contributed by atoms with Crippen molar-refractivity contribution in [2.24, 2.45) is 0 Å². The van der Waals surface area contributed by atoms with E-state index in [-0.39, 0.29) is 0 Å². The first kappa shape index (κ1) is 25.5. The quantitative estimate of drug-likeness (QED) is 0.344. The number of anilines is 4. The Kier molecular flexibility index (Phi) is 7.71. The number of hydrogen-bond donors (Lipinski definition) is 2. The van der Waals surface area contributed by atoms with E-state index in [2.05, 4.69) is 51.6 Å². The minimum absolute atomic E-state index is 0.452. The molecule has 0 aliphatic carbocycles. The average Bonchev–Trinajstić information content (AvgIpc) is 3.37. The number of ether oxygens (including phenoxy) is 2. The van der Waals surface area contributed by atoms with E-state index in [1.54, 1.807) is 13.3 Å². The van der Waals surface area contributed by atoms with Crippen LogP contribution in [0.15, 0.2) is 60.9 Å². The molecule has 10 nitrogen and oxygen atoms in total. The van der Waals surface area contributed by atoms with Crippen LogP contribution in [0.1, 0.15) is 5.56 Å². The molecule has 4 aromatic rings. The Hall–Kier alpha value is -4.15. The summed E-state index contributed by atoms with van der Waals surface area (Å²) in [7, 11) is 7.69. The number of hydrogen-bond acceptors (Lipinski definition) is 9. The van der Waals surface area contributed by atoms with Crippen molar-refractivity contribution in [3.05, 3.63) is 66.5 Å². The van der Waals surface area contributed by atoms with Crippen molar-refractivity contribution in [1.82, 2.24) is 24.6 Å². The highest BCUT2D eigenvalue weighted by Gasteiger charge is 2.19. The number of nitrogens with zero attached hydrogens (tertiary/aromatic N) is 6. The van der Waals surface area contributed by atoms with Gasteiger partial charge in [0, 0.05) is 62.3 Å². The first-order chi connectivity index (χ1) is 18.6. The highest BCUT2D eigenvalue weighted by molar-refractivity contribution is 5.80. The van der Waals surface area contributed by atoms with Crippen molar-refractivity contribution < 1.29 is 9.47 Å². The van der Waals surface area contributed by atoms with Crippen molar-refractivity contribution in [3.8, 4) is 22.8 Å². The summed E-state index contributed by atoms with van der Waals surface area (Å²) in [6, 6.07) is 16.1. The van der Waals surface area contributed by atoms with Crippen LogP contribution in [0.4, 0.5) is 23.0 Å². The van der Waals surface area contributed by atoms with Crippen molar-refractivity contribution >= 4 is 23.0 Å². The number of rotatable bonds is 9. The molecule has 2 N–H and O–H groups in total. The van der Waals surface area contributed by atoms with Gasteiger partial charge >= 0.3 is 0 Å². The van der Waals surface area contributed by atoms with Gasteiger partial charge in [-0.1, -0.05) is 30.3 Å². The summed E-state index contributed by atoms with van der Waals surface area (Å²) in [5.41, 5.74) is 5.95. The normalized spacial score (nSPS) is 13.6. The van der Waals surface area contributed by atoms with E-state index in [1.165, 1.54) is 0 Å². The zero-order chi connectivity index (χ0) is 26.5. The number of benzene rings is 2. The SMILES string of the molecule is CNc1cc(Nc2nccc(-n3cc(CN(C)C)c(-c4ccccc4)n3)n2)c(OC)cc1N1CCOCC1. The lowest BCUT2D eigenvalue weighted by Crippen LogP contribution is -2.36. The first-order valence-electron chi connectivity index (χ1n) is 12.7. The summed E-state index contributed by atoms with van der Waals surface area (Å²) in [5.74, 6) is 1.83. The van der Waals surface area contributed by atoms with E-state index >= 15 is 0 Å². The van der Waals surface area contributed by atoms with Crippen LogP contribution in [-0.2, 0) is 11.3 Å². The van der Waals surface area contributed by atoms with Gasteiger partial charge < -0.3 is 29.9 Å². The van der Waals surface area contributed by atoms with Gasteiger partial charge in [-0.3, -0.25) is 0 Å². The maximum atomic E-state index is 5.74. The van der Waals surface area contributed by atoms with E-state index in [0.717, 1.165) is 53.5 Å². The van der Waals surface area contributed by atoms with Crippen LogP contribution in [0.5, 0.6) is 5.75 Å². The minimum atomic E-state index is 0.452. The third-order valence-electron chi connectivity index (χ3n) is 6.38. The molecule has 2 aromatic heterocycles. The summed E-state index contributed by atoms with van der Waals surface area (Å²) in [5, 5.41) is 11.6. The van der Waals surface area contributed by atoms with Crippen molar-refractivity contribution in [1.29, 1.82) is 0 Å². The topological polar surface area (TPSA) is 92.6 Å². The largest absolute Gasteiger partial charge is 0.494 e. The van der Waals surface area contributed by atoms with Crippen LogP contribution in [-0.4, -0.2) is 79.2 Å². The van der Waals surface area contributed by atoms with Crippen molar-refractivity contribution in [2.75, 3.05) is 70.1 Å². The monoisotopic (exact) mass is 514 g/mol. The van der Waals surface area contributed by atoms with Crippen LogP contribution in [0.3, 0.4) is 0 Å². The van der Waals surface area contributed by atoms with Gasteiger partial charge in [-0.15, -0.1) is 0 Å². The van der Waals surface area contributed by atoms with E-state index in [1.807, 2.05) is 54.3 Å². The lowest BCUT2D eigenvalue weighted by Gasteiger charge is -2.31. The molecular weight excluding hydrogens is 480 g/mol. The third kappa shape index (κ3) is 5.56. The zero-order valence-corrected chi connectivity index (χ0v) is 22.3. The molecule has 0 unspecified atom stereocenters. The summed E-state index contributed by atoms with van der Waals surface area (Å²) in [6.07, 6.45) is 3.76. The molecule has 0 bridgehead atoms. The second kappa shape index (κ2) is 11.5. The van der Waals surface area contributed by atoms with E-state index in [4.69, 9.17) is 19.6 Å². The summed E-state index contributed by atoms with van der Waals surface area (Å²) in [6.45, 7) is 3.85. The van der Waals surface area contributed by atoms with E-state index in [0.29, 0.717) is 30.7 Å². The Morgan fingerprint density at radius 3 is 2.55 bits per heavy atom. The van der Waals surface area contributed by atoms with Crippen LogP contribution in [0.2, 0.25) is 0 Å². The molecule has 0 amide bonds. The fraction of sp³-hybridized carbons (Fsp3) is 0.321. The second-order valence-corrected chi connectivity index (χ2v) is 9.33. The standard InChI is InChI=1S/C28H34N8O2/c1-29-22-16-23(25(37-4)17-24(22)35-12-14-38-15-13-35)31-28-30-11-10-26(32-28)36-19-21(18-34(2)3)27(33-36)20-8-6-5-7-9-20/h5-11,16-17,19,29H,12-15,18H2,1-4H3,(H,30,31,32). The highest BCUT2D eigenvalue weighted by atomic mass is 16.5. The Morgan fingerprint density at radius 2 is 1.84 bits per heavy atom. The van der Waals surface area contributed by atoms with Crippen LogP contribution in [0, 0.1) is 0 Å². The van der Waals surface area contributed by atoms with Crippen LogP contribution >= 0.6 is 0 Å². The molecule has 3 heterocycles. The minimum Gasteiger partial charge on any atom is -0.494 e. The van der Waals surface area contributed by atoms with Crippen molar-refractivity contribution in [2.45, 2.75) is 6.54 Å². The van der Waals surface area contributed by atoms with Gasteiger partial charge in [0.05, 0.1) is 43.1 Å². The van der Waals surface area contributed by atoms with Gasteiger partial charge in [-0.05, 0) is 20.2 Å². The summed E-state index contributed by atoms with van der Waals surface area (Å²) >= 11 is 0. The van der Waals surface area contributed by atoms with Crippen molar-refractivity contribution in [3.63, 3.8) is 0 Å². The molecule has 5 rings (SSSR count). The summed E-state index contributed by atoms with van der Waals surface area (Å²) < 4.78 is 13.1. The molecule has 1 saturated heterocycles. The van der Waals surface area contributed by atoms with Gasteiger partial charge in [0.25, 0.3) is 0 Å². The van der Waals surface area contributed by atoms with E-state index < -0.39 is 0 Å². The molecule has 10 heteroatoms. The van der Waals surface area contributed by atoms with Gasteiger partial charge in [0.15, 0.2) is 5.82 Å². The molecule has 1 aliphatic heterocycles. The lowest BCUT2D eigenvalue weighted by molar-refractivity contribution is 0.122. The Labute approximate surface area is 223 Å². The summed E-state index contributed by atoms with van der Waals surface area (Å²) in [4.78, 5) is 13.7. The molecule has 1 aliphatic rings. The highest BCUT2D eigenvalue weighted by Crippen LogP contribution is 2.38. The predicted molar refractivity (Wildman–Crippen MR) is 151 cm³/mol. The molecule has 38 heavy (non-hydrogen) atoms. The first-order valence-corrected chi connectivity index (χ1v) is 12.7. The molecular formula is C28H34N8O2. The molecule has 0 spiro atoms. The fourth-order valence-corrected chi connectivity index (χ4v) is 4.58. The Balaban J connectivity index is 1.46. The zero-order valence-electron chi connectivity index (χ0n) is 22.3. The predicted octanol–water partition coefficient (Wildman–Crippen LogP) is 4.02.